The summed E-state index contributed by atoms with van der Waals surface area (Å²) < 4.78 is 74.0. The predicted octanol–water partition coefficient (Wildman–Crippen LogP) is 6.40. The minimum atomic E-state index is -4.56. The van der Waals surface area contributed by atoms with Crippen LogP contribution in [0.15, 0.2) is 47.4 Å². The van der Waals surface area contributed by atoms with Crippen molar-refractivity contribution in [1.82, 2.24) is 9.62 Å². The highest BCUT2D eigenvalue weighted by Crippen LogP contribution is 2.41. The van der Waals surface area contributed by atoms with Gasteiger partial charge in [-0.25, -0.2) is 8.42 Å². The van der Waals surface area contributed by atoms with Crippen molar-refractivity contribution >= 4 is 27.5 Å². The average molecular weight is 668 g/mol. The van der Waals surface area contributed by atoms with Gasteiger partial charge in [-0.2, -0.15) is 13.5 Å². The van der Waals surface area contributed by atoms with Crippen LogP contribution in [0.4, 0.5) is 8.78 Å². The maximum absolute atomic E-state index is 16.5. The van der Waals surface area contributed by atoms with E-state index in [9.17, 15) is 13.2 Å². The highest BCUT2D eigenvalue weighted by molar-refractivity contribution is 7.89. The van der Waals surface area contributed by atoms with Gasteiger partial charge in [0.05, 0.1) is 23.1 Å². The Morgan fingerprint density at radius 1 is 1.04 bits per heavy atom. The molecule has 3 aliphatic rings. The Labute approximate surface area is 270 Å². The lowest BCUT2D eigenvalue weighted by Crippen LogP contribution is -2.60. The van der Waals surface area contributed by atoms with E-state index < -0.39 is 33.5 Å². The Kier molecular flexibility index (Phi) is 10.9. The summed E-state index contributed by atoms with van der Waals surface area (Å²) in [4.78, 5) is 15.2. The number of hydrogen-bond donors (Lipinski definition) is 2. The van der Waals surface area contributed by atoms with Gasteiger partial charge in [-0.15, -0.1) is 0 Å². The number of sulfonamides is 1. The lowest BCUT2D eigenvalue weighted by atomic mass is 9.90. The van der Waals surface area contributed by atoms with Gasteiger partial charge < -0.3 is 20.1 Å². The number of hydrogen-bond acceptors (Lipinski definition) is 6. The van der Waals surface area contributed by atoms with Crippen LogP contribution in [0.3, 0.4) is 0 Å². The number of carbonyl (C=O) groups is 1. The Morgan fingerprint density at radius 2 is 1.71 bits per heavy atom. The van der Waals surface area contributed by atoms with E-state index in [1.54, 1.807) is 0 Å². The molecule has 3 fully saturated rings. The molecule has 2 heterocycles. The number of fused-ring (bicyclic) bond motifs is 2. The minimum Gasteiger partial charge on any atom is -0.493 e. The zero-order chi connectivity index (χ0) is 32.2. The average Bonchev–Trinajstić information content (AvgIpc) is 3.30. The topological polar surface area (TPSA) is 111 Å². The first-order valence-corrected chi connectivity index (χ1v) is 18.0. The summed E-state index contributed by atoms with van der Waals surface area (Å²) in [5.41, 5.74) is 5.59. The molecule has 2 bridgehead atoms. The number of benzene rings is 2. The number of alkyl halides is 2. The number of carbonyl (C=O) groups excluding carboxylic acids is 1. The smallest absolute Gasteiger partial charge is 0.298 e. The standard InChI is InChI=1S/C33H44ClF2N3O5S/c1-2-3-17-43-30-18-23(9-16-29(30)34)33(35,36)31(32(40)39-25-10-11-26(39)20-24(37)19-25)38-45(41,42)28-14-12-27(13-15-28)44-21-22-7-5-4-6-8-22/h9,12-16,18,22,24-26,31,38H,2-8,10-11,17,19-21,37H2,1H3/t24?,25?,26?,31-/m0/s1. The van der Waals surface area contributed by atoms with Crippen LogP contribution in [0.2, 0.25) is 5.02 Å². The van der Waals surface area contributed by atoms with E-state index in [0.717, 1.165) is 31.4 Å². The van der Waals surface area contributed by atoms with Crippen LogP contribution >= 0.6 is 11.6 Å². The van der Waals surface area contributed by atoms with Gasteiger partial charge in [0, 0.05) is 23.7 Å². The van der Waals surface area contributed by atoms with Gasteiger partial charge in [-0.05, 0) is 87.3 Å². The van der Waals surface area contributed by atoms with E-state index in [0.29, 0.717) is 50.4 Å². The molecule has 2 aromatic rings. The van der Waals surface area contributed by atoms with Crippen molar-refractivity contribution in [2.45, 2.75) is 113 Å². The first kappa shape index (κ1) is 33.9. The zero-order valence-electron chi connectivity index (χ0n) is 25.7. The number of halogens is 3. The molecule has 2 unspecified atom stereocenters. The molecule has 0 radical (unpaired) electrons. The molecule has 3 N–H and O–H groups in total. The molecule has 5 rings (SSSR count). The third kappa shape index (κ3) is 7.92. The van der Waals surface area contributed by atoms with Crippen molar-refractivity contribution in [2.75, 3.05) is 13.2 Å². The number of nitrogens with two attached hydrogens (primary N) is 1. The summed E-state index contributed by atoms with van der Waals surface area (Å²) in [6.45, 7) is 2.79. The summed E-state index contributed by atoms with van der Waals surface area (Å²) in [5, 5.41) is 0.142. The molecule has 45 heavy (non-hydrogen) atoms. The Bertz CT molecular complexity index is 1410. The maximum atomic E-state index is 16.5. The minimum absolute atomic E-state index is 0.0455. The third-order valence-electron chi connectivity index (χ3n) is 9.32. The second-order valence-electron chi connectivity index (χ2n) is 12.7. The second-order valence-corrected chi connectivity index (χ2v) is 14.8. The van der Waals surface area contributed by atoms with Crippen LogP contribution < -0.4 is 19.9 Å². The maximum Gasteiger partial charge on any atom is 0.298 e. The van der Waals surface area contributed by atoms with E-state index in [4.69, 9.17) is 26.8 Å². The third-order valence-corrected chi connectivity index (χ3v) is 11.1. The van der Waals surface area contributed by atoms with Crippen LogP contribution in [-0.2, 0) is 20.7 Å². The Hall–Kier alpha value is -2.47. The normalized spacial score (nSPS) is 23.1. The first-order valence-electron chi connectivity index (χ1n) is 16.1. The predicted molar refractivity (Wildman–Crippen MR) is 169 cm³/mol. The van der Waals surface area contributed by atoms with Crippen LogP contribution in [0.5, 0.6) is 11.5 Å². The second kappa shape index (κ2) is 14.5. The van der Waals surface area contributed by atoms with Gasteiger partial charge in [0.15, 0.2) is 6.04 Å². The van der Waals surface area contributed by atoms with Crippen LogP contribution in [0.1, 0.15) is 83.1 Å². The van der Waals surface area contributed by atoms with Crippen LogP contribution in [0, 0.1) is 5.92 Å². The van der Waals surface area contributed by atoms with Gasteiger partial charge in [0.25, 0.3) is 5.92 Å². The number of nitrogens with zero attached hydrogens (tertiary/aromatic N) is 1. The summed E-state index contributed by atoms with van der Waals surface area (Å²) in [5.74, 6) is -3.92. The molecule has 1 aliphatic carbocycles. The van der Waals surface area contributed by atoms with E-state index in [1.165, 1.54) is 54.5 Å². The zero-order valence-corrected chi connectivity index (χ0v) is 27.3. The van der Waals surface area contributed by atoms with Crippen molar-refractivity contribution < 1.29 is 31.5 Å². The van der Waals surface area contributed by atoms with Gasteiger partial charge in [-0.1, -0.05) is 50.3 Å². The number of nitrogens with one attached hydrogen (secondary N) is 1. The van der Waals surface area contributed by atoms with E-state index >= 15 is 8.78 Å². The lowest BCUT2D eigenvalue weighted by Gasteiger charge is -2.41. The van der Waals surface area contributed by atoms with E-state index in [1.807, 2.05) is 6.92 Å². The molecule has 3 atom stereocenters. The number of unbranched alkanes of at least 4 members (excludes halogenated alkanes) is 1. The van der Waals surface area contributed by atoms with Crippen molar-refractivity contribution in [2.24, 2.45) is 11.7 Å². The van der Waals surface area contributed by atoms with Crippen LogP contribution in [-0.4, -0.2) is 56.6 Å². The van der Waals surface area contributed by atoms with E-state index in [-0.39, 0.29) is 40.4 Å². The molecule has 2 saturated heterocycles. The fraction of sp³-hybridized carbons (Fsp3) is 0.606. The largest absolute Gasteiger partial charge is 0.493 e. The summed E-state index contributed by atoms with van der Waals surface area (Å²) in [6, 6.07) is 5.91. The van der Waals surface area contributed by atoms with Crippen molar-refractivity contribution in [3.8, 4) is 11.5 Å². The molecule has 248 valence electrons. The Morgan fingerprint density at radius 3 is 2.36 bits per heavy atom. The summed E-state index contributed by atoms with van der Waals surface area (Å²) >= 11 is 6.24. The van der Waals surface area contributed by atoms with Gasteiger partial charge >= 0.3 is 0 Å². The molecule has 0 spiro atoms. The molecule has 12 heteroatoms. The molecule has 2 aliphatic heterocycles. The molecular formula is C33H44ClF2N3O5S. The van der Waals surface area contributed by atoms with Gasteiger partial charge in [0.2, 0.25) is 15.9 Å². The van der Waals surface area contributed by atoms with Gasteiger partial charge in [-0.3, -0.25) is 4.79 Å². The lowest BCUT2D eigenvalue weighted by molar-refractivity contribution is -0.149. The Balaban J connectivity index is 1.41. The van der Waals surface area contributed by atoms with E-state index in [2.05, 4.69) is 4.72 Å². The quantitative estimate of drug-likeness (QED) is 0.239. The van der Waals surface area contributed by atoms with Crippen LogP contribution in [0.25, 0.3) is 0 Å². The fourth-order valence-electron chi connectivity index (χ4n) is 6.83. The SMILES string of the molecule is CCCCOc1cc(C(F)(F)[C@@H](NS(=O)(=O)c2ccc(OCC3CCCCC3)cc2)C(=O)N2C3CCC2CC(N)C3)ccc1Cl. The molecule has 1 saturated carbocycles. The molecule has 1 amide bonds. The molecular weight excluding hydrogens is 624 g/mol. The fourth-order valence-corrected chi connectivity index (χ4v) is 8.19. The number of rotatable bonds is 13. The monoisotopic (exact) mass is 667 g/mol. The first-order chi connectivity index (χ1) is 21.5. The molecule has 2 aromatic carbocycles. The summed E-state index contributed by atoms with van der Waals surface area (Å²) in [6.07, 6.45) is 9.54. The highest BCUT2D eigenvalue weighted by Gasteiger charge is 2.53. The van der Waals surface area contributed by atoms with Crippen molar-refractivity contribution in [3.63, 3.8) is 0 Å². The highest BCUT2D eigenvalue weighted by atomic mass is 35.5. The number of piperidine rings is 1. The molecule has 0 aromatic heterocycles. The summed E-state index contributed by atoms with van der Waals surface area (Å²) in [7, 11) is -4.56. The molecule has 8 nitrogen and oxygen atoms in total. The number of amides is 1. The van der Waals surface area contributed by atoms with Crippen molar-refractivity contribution in [1.29, 1.82) is 0 Å². The number of ether oxygens (including phenoxy) is 2. The van der Waals surface area contributed by atoms with Gasteiger partial charge in [0.1, 0.15) is 11.5 Å². The van der Waals surface area contributed by atoms with Crippen molar-refractivity contribution in [3.05, 3.63) is 53.1 Å².